The molecule has 264 valence electrons. The van der Waals surface area contributed by atoms with E-state index in [0.29, 0.717) is 17.0 Å². The van der Waals surface area contributed by atoms with Crippen molar-refractivity contribution in [3.05, 3.63) is 70.4 Å². The largest absolute Gasteiger partial charge is 0.464 e. The molecule has 0 spiro atoms. The molecule has 10 heteroatoms. The summed E-state index contributed by atoms with van der Waals surface area (Å²) in [6.45, 7) is 17.5. The van der Waals surface area contributed by atoms with Crippen LogP contribution in [-0.2, 0) is 20.8 Å². The molecular weight excluding hydrogens is 666 g/mol. The molecule has 8 nitrogen and oxygen atoms in total. The molecule has 2 saturated heterocycles. The number of likely N-dealkylation sites (tertiary alicyclic amines) is 1. The molecule has 2 aromatic heterocycles. The van der Waals surface area contributed by atoms with E-state index in [1.54, 1.807) is 11.3 Å². The van der Waals surface area contributed by atoms with Gasteiger partial charge in [0.05, 0.1) is 33.6 Å². The Morgan fingerprint density at radius 3 is 2.46 bits per heavy atom. The van der Waals surface area contributed by atoms with E-state index in [-0.39, 0.29) is 6.61 Å². The second kappa shape index (κ2) is 14.4. The van der Waals surface area contributed by atoms with Crippen molar-refractivity contribution in [2.75, 3.05) is 32.8 Å². The van der Waals surface area contributed by atoms with Crippen LogP contribution in [0.2, 0.25) is 5.02 Å². The lowest BCUT2D eigenvalue weighted by Gasteiger charge is -2.35. The first kappa shape index (κ1) is 35.1. The lowest BCUT2D eigenvalue weighted by Crippen LogP contribution is -2.42. The van der Waals surface area contributed by atoms with Crippen molar-refractivity contribution in [2.45, 2.75) is 91.0 Å². The minimum absolute atomic E-state index is 0.265. The van der Waals surface area contributed by atoms with E-state index in [1.807, 2.05) is 58.9 Å². The van der Waals surface area contributed by atoms with E-state index in [2.05, 4.69) is 46.1 Å². The van der Waals surface area contributed by atoms with Crippen LogP contribution in [0.3, 0.4) is 0 Å². The molecule has 3 aromatic carbocycles. The number of carbonyl (C=O) groups excluding carboxylic acids is 1. The zero-order valence-corrected chi connectivity index (χ0v) is 31.6. The molecule has 7 rings (SSSR count). The molecule has 2 atom stereocenters. The highest BCUT2D eigenvalue weighted by atomic mass is 35.5. The van der Waals surface area contributed by atoms with E-state index in [0.717, 1.165) is 88.6 Å². The van der Waals surface area contributed by atoms with Crippen molar-refractivity contribution < 1.29 is 14.3 Å². The Morgan fingerprint density at radius 2 is 1.80 bits per heavy atom. The first-order valence-electron chi connectivity index (χ1n) is 18.0. The Hall–Kier alpha value is -3.34. The Kier molecular flexibility index (Phi) is 10.1. The molecule has 50 heavy (non-hydrogen) atoms. The van der Waals surface area contributed by atoms with Crippen molar-refractivity contribution in [3.8, 4) is 21.7 Å². The fraction of sp³-hybridized carbons (Fsp3) is 0.475. The summed E-state index contributed by atoms with van der Waals surface area (Å²) in [6.07, 6.45) is 2.59. The molecule has 0 amide bonds. The minimum atomic E-state index is -0.911. The molecule has 4 heterocycles. The number of thiazole rings is 1. The van der Waals surface area contributed by atoms with Crippen molar-refractivity contribution in [3.63, 3.8) is 0 Å². The van der Waals surface area contributed by atoms with Crippen LogP contribution in [0.4, 0.5) is 0 Å². The lowest BCUT2D eigenvalue weighted by molar-refractivity contribution is -0.166. The summed E-state index contributed by atoms with van der Waals surface area (Å²) in [5, 5.41) is 11.5. The molecule has 0 saturated carbocycles. The molecule has 0 bridgehead atoms. The predicted octanol–water partition coefficient (Wildman–Crippen LogP) is 8.92. The predicted molar refractivity (Wildman–Crippen MR) is 204 cm³/mol. The van der Waals surface area contributed by atoms with Crippen molar-refractivity contribution in [1.82, 2.24) is 25.0 Å². The van der Waals surface area contributed by atoms with Gasteiger partial charge in [-0.1, -0.05) is 23.7 Å². The zero-order chi connectivity index (χ0) is 35.2. The van der Waals surface area contributed by atoms with Crippen LogP contribution in [0.25, 0.3) is 42.8 Å². The molecule has 5 aromatic rings. The third-order valence-corrected chi connectivity index (χ3v) is 11.5. The molecule has 2 aliphatic rings. The second-order valence-corrected chi connectivity index (χ2v) is 16.0. The monoisotopic (exact) mass is 713 g/mol. The third-order valence-electron chi connectivity index (χ3n) is 10.1. The number of nitrogens with one attached hydrogen (secondary N) is 1. The second-order valence-electron chi connectivity index (χ2n) is 14.6. The van der Waals surface area contributed by atoms with Crippen LogP contribution in [0.1, 0.15) is 82.7 Å². The van der Waals surface area contributed by atoms with Crippen LogP contribution in [0.15, 0.2) is 48.5 Å². The minimum Gasteiger partial charge on any atom is -0.464 e. The Bertz CT molecular complexity index is 2000. The number of fused-ring (bicyclic) bond motifs is 2. The number of aromatic nitrogens is 3. The van der Waals surface area contributed by atoms with E-state index in [1.165, 1.54) is 23.0 Å². The highest BCUT2D eigenvalue weighted by Crippen LogP contribution is 2.45. The number of ether oxygens (including phenoxy) is 2. The van der Waals surface area contributed by atoms with Crippen LogP contribution in [0, 0.1) is 6.92 Å². The number of rotatable bonds is 9. The van der Waals surface area contributed by atoms with Crippen LogP contribution >= 0.6 is 22.9 Å². The van der Waals surface area contributed by atoms with Gasteiger partial charge in [-0.2, -0.15) is 5.10 Å². The number of aryl methyl sites for hydroxylation is 2. The average Bonchev–Trinajstić information content (AvgIpc) is 3.86. The van der Waals surface area contributed by atoms with Crippen LogP contribution < -0.4 is 5.32 Å². The van der Waals surface area contributed by atoms with Gasteiger partial charge in [0, 0.05) is 52.1 Å². The Balaban J connectivity index is 1.33. The topological polar surface area (TPSA) is 81.5 Å². The lowest BCUT2D eigenvalue weighted by atomic mass is 9.90. The van der Waals surface area contributed by atoms with E-state index in [9.17, 15) is 4.79 Å². The van der Waals surface area contributed by atoms with Crippen LogP contribution in [0.5, 0.6) is 0 Å². The summed E-state index contributed by atoms with van der Waals surface area (Å²) >= 11 is 8.00. The highest BCUT2D eigenvalue weighted by molar-refractivity contribution is 7.22. The molecular formula is C40H48ClN5O3S. The fourth-order valence-corrected chi connectivity index (χ4v) is 8.99. The number of hydrogen-bond acceptors (Lipinski definition) is 8. The van der Waals surface area contributed by atoms with Gasteiger partial charge in [0.1, 0.15) is 5.01 Å². The molecule has 1 N–H and O–H groups in total. The maximum atomic E-state index is 13.6. The van der Waals surface area contributed by atoms with E-state index >= 15 is 0 Å². The number of benzene rings is 3. The fourth-order valence-electron chi connectivity index (χ4n) is 7.74. The molecule has 0 radical (unpaired) electrons. The van der Waals surface area contributed by atoms with Gasteiger partial charge in [-0.3, -0.25) is 9.58 Å². The molecule has 2 aliphatic heterocycles. The first-order valence-corrected chi connectivity index (χ1v) is 19.2. The smallest absolute Gasteiger partial charge is 0.339 e. The molecule has 2 fully saturated rings. The van der Waals surface area contributed by atoms with Gasteiger partial charge in [0.15, 0.2) is 6.10 Å². The van der Waals surface area contributed by atoms with Gasteiger partial charge < -0.3 is 14.8 Å². The van der Waals surface area contributed by atoms with Crippen molar-refractivity contribution in [2.24, 2.45) is 0 Å². The summed E-state index contributed by atoms with van der Waals surface area (Å²) in [6, 6.07) is 17.2. The van der Waals surface area contributed by atoms with Crippen LogP contribution in [-0.4, -0.2) is 70.1 Å². The summed E-state index contributed by atoms with van der Waals surface area (Å²) in [5.41, 5.74) is 7.33. The zero-order valence-electron chi connectivity index (χ0n) is 30.0. The number of hydrogen-bond donors (Lipinski definition) is 1. The van der Waals surface area contributed by atoms with E-state index in [4.69, 9.17) is 31.2 Å². The summed E-state index contributed by atoms with van der Waals surface area (Å²) in [4.78, 5) is 21.5. The van der Waals surface area contributed by atoms with Gasteiger partial charge in [-0.25, -0.2) is 9.78 Å². The van der Waals surface area contributed by atoms with Gasteiger partial charge in [0.25, 0.3) is 0 Å². The van der Waals surface area contributed by atoms with Gasteiger partial charge in [0.2, 0.25) is 0 Å². The number of carbonyl (C=O) groups is 1. The number of nitrogens with zero attached hydrogens (tertiary/aromatic N) is 4. The Labute approximate surface area is 304 Å². The van der Waals surface area contributed by atoms with Crippen molar-refractivity contribution >= 4 is 50.0 Å². The SMILES string of the molecule is CCOC(=O)[C@@H](OC(C)(C)C)c1c(C)cc2nc(-c3ccc4c(c3)c(C3CCN([C@@H]5CCNC5)CC3)nn4CC)sc2c1-c1ccc(Cl)cc1. The maximum Gasteiger partial charge on any atom is 0.339 e. The maximum absolute atomic E-state index is 13.6. The number of piperidine rings is 1. The third kappa shape index (κ3) is 6.95. The van der Waals surface area contributed by atoms with Crippen molar-refractivity contribution in [1.29, 1.82) is 0 Å². The summed E-state index contributed by atoms with van der Waals surface area (Å²) in [5.74, 6) is 0.0346. The number of esters is 1. The van der Waals surface area contributed by atoms with Gasteiger partial charge in [-0.15, -0.1) is 11.3 Å². The van der Waals surface area contributed by atoms with Gasteiger partial charge >= 0.3 is 5.97 Å². The summed E-state index contributed by atoms with van der Waals surface area (Å²) in [7, 11) is 0. The number of halogens is 1. The summed E-state index contributed by atoms with van der Waals surface area (Å²) < 4.78 is 15.2. The van der Waals surface area contributed by atoms with E-state index < -0.39 is 17.7 Å². The average molecular weight is 714 g/mol. The normalized spacial score (nSPS) is 18.3. The molecule has 0 unspecified atom stereocenters. The first-order chi connectivity index (χ1) is 24.0. The highest BCUT2D eigenvalue weighted by Gasteiger charge is 2.34. The Morgan fingerprint density at radius 1 is 1.06 bits per heavy atom. The quantitative estimate of drug-likeness (QED) is 0.153. The van der Waals surface area contributed by atoms with Gasteiger partial charge in [-0.05, 0) is 128 Å². The molecule has 0 aliphatic carbocycles. The standard InChI is InChI=1S/C40H48ClN5O3S/c1-7-46-32-14-11-27(22-30(32)35(44-46)26-16-19-45(20-17-26)29-15-18-42-23-29)38-43-31-21-24(3)33(36(39(47)48-8-2)49-40(4,5)6)34(37(31)50-38)25-9-12-28(41)13-10-25/h9-14,21-22,26,29,36,42H,7-8,15-20,23H2,1-6H3/t29-,36+/m1/s1.